The van der Waals surface area contributed by atoms with Gasteiger partial charge < -0.3 is 9.84 Å². The van der Waals surface area contributed by atoms with Crippen LogP contribution < -0.4 is 10.2 Å². The molecule has 2 aliphatic heterocycles. The molecule has 86 valence electrons. The zero-order valence-corrected chi connectivity index (χ0v) is 9.32. The molecule has 1 fully saturated rings. The lowest BCUT2D eigenvalue weighted by molar-refractivity contribution is -0.117. The molecule has 0 bridgehead atoms. The average Bonchev–Trinajstić information content (AvgIpc) is 2.83. The first-order valence-corrected chi connectivity index (χ1v) is 5.77. The van der Waals surface area contributed by atoms with Crippen molar-refractivity contribution in [2.45, 2.75) is 38.8 Å². The number of amides is 1. The molecule has 1 unspecified atom stereocenters. The van der Waals surface area contributed by atoms with E-state index in [1.54, 1.807) is 4.90 Å². The summed E-state index contributed by atoms with van der Waals surface area (Å²) in [6, 6.07) is 0.430. The summed E-state index contributed by atoms with van der Waals surface area (Å²) in [4.78, 5) is 13.4. The average molecular weight is 221 g/mol. The van der Waals surface area contributed by atoms with Gasteiger partial charge in [0.1, 0.15) is 0 Å². The van der Waals surface area contributed by atoms with Crippen LogP contribution in [-0.4, -0.2) is 23.7 Å². The van der Waals surface area contributed by atoms with Gasteiger partial charge in [0.25, 0.3) is 0 Å². The Bertz CT molecular complexity index is 427. The number of aromatic nitrogens is 1. The smallest absolute Gasteiger partial charge is 0.238 e. The second-order valence-electron chi connectivity index (χ2n) is 4.55. The monoisotopic (exact) mass is 221 g/mol. The first-order chi connectivity index (χ1) is 7.75. The second kappa shape index (κ2) is 3.59. The molecule has 1 amide bonds. The molecule has 5 nitrogen and oxygen atoms in total. The van der Waals surface area contributed by atoms with E-state index in [0.717, 1.165) is 37.2 Å². The molecule has 1 N–H and O–H groups in total. The Morgan fingerprint density at radius 3 is 3.19 bits per heavy atom. The van der Waals surface area contributed by atoms with Crippen molar-refractivity contribution in [1.29, 1.82) is 0 Å². The quantitative estimate of drug-likeness (QED) is 0.763. The van der Waals surface area contributed by atoms with Crippen molar-refractivity contribution >= 4 is 11.8 Å². The lowest BCUT2D eigenvalue weighted by Crippen LogP contribution is -2.34. The molecule has 1 aromatic heterocycles. The molecule has 3 rings (SSSR count). The van der Waals surface area contributed by atoms with E-state index in [4.69, 9.17) is 4.52 Å². The number of nitrogens with zero attached hydrogens (tertiary/aromatic N) is 2. The Kier molecular flexibility index (Phi) is 2.21. The summed E-state index contributed by atoms with van der Waals surface area (Å²) in [5.74, 6) is 0.814. The third-order valence-corrected chi connectivity index (χ3v) is 3.29. The molecular formula is C11H15N3O2. The van der Waals surface area contributed by atoms with Gasteiger partial charge in [-0.3, -0.25) is 9.69 Å². The molecule has 1 saturated heterocycles. The van der Waals surface area contributed by atoms with E-state index < -0.39 is 0 Å². The largest absolute Gasteiger partial charge is 0.338 e. The summed E-state index contributed by atoms with van der Waals surface area (Å²) >= 11 is 0. The van der Waals surface area contributed by atoms with E-state index in [-0.39, 0.29) is 5.91 Å². The molecule has 5 heteroatoms. The maximum atomic E-state index is 11.6. The highest BCUT2D eigenvalue weighted by atomic mass is 16.5. The van der Waals surface area contributed by atoms with Gasteiger partial charge in [-0.25, -0.2) is 0 Å². The summed E-state index contributed by atoms with van der Waals surface area (Å²) < 4.78 is 5.34. The molecule has 16 heavy (non-hydrogen) atoms. The fourth-order valence-corrected chi connectivity index (χ4v) is 2.38. The molecule has 1 atom stereocenters. The van der Waals surface area contributed by atoms with Crippen LogP contribution in [0.15, 0.2) is 4.52 Å². The molecule has 0 saturated carbocycles. The number of hydrogen-bond donors (Lipinski definition) is 1. The van der Waals surface area contributed by atoms with Gasteiger partial charge in [-0.1, -0.05) is 5.16 Å². The maximum absolute atomic E-state index is 11.6. The topological polar surface area (TPSA) is 58.4 Å². The Hall–Kier alpha value is -1.36. The van der Waals surface area contributed by atoms with Crippen molar-refractivity contribution in [3.63, 3.8) is 0 Å². The fourth-order valence-electron chi connectivity index (χ4n) is 2.38. The van der Waals surface area contributed by atoms with Crippen LogP contribution >= 0.6 is 0 Å². The standard InChI is InChI=1S/C11H15N3O2/c1-7-5-9-8(6-12-7)11(16-13-9)14-4-2-3-10(14)15/h7,12H,2-6H2,1H3. The van der Waals surface area contributed by atoms with Crippen LogP contribution in [0.2, 0.25) is 0 Å². The zero-order chi connectivity index (χ0) is 11.1. The molecule has 0 aromatic carbocycles. The summed E-state index contributed by atoms with van der Waals surface area (Å²) in [6.07, 6.45) is 2.41. The molecule has 0 aliphatic carbocycles. The minimum atomic E-state index is 0.151. The summed E-state index contributed by atoms with van der Waals surface area (Å²) in [5, 5.41) is 7.44. The molecule has 1 aromatic rings. The van der Waals surface area contributed by atoms with Gasteiger partial charge in [0.15, 0.2) is 0 Å². The Morgan fingerprint density at radius 1 is 1.56 bits per heavy atom. The van der Waals surface area contributed by atoms with E-state index in [0.29, 0.717) is 18.3 Å². The van der Waals surface area contributed by atoms with Crippen molar-refractivity contribution < 1.29 is 9.32 Å². The van der Waals surface area contributed by atoms with Gasteiger partial charge in [-0.15, -0.1) is 0 Å². The molecular weight excluding hydrogens is 206 g/mol. The van der Waals surface area contributed by atoms with Crippen molar-refractivity contribution in [2.75, 3.05) is 11.4 Å². The van der Waals surface area contributed by atoms with Crippen LogP contribution in [0.5, 0.6) is 0 Å². The lowest BCUT2D eigenvalue weighted by atomic mass is 10.0. The van der Waals surface area contributed by atoms with Crippen molar-refractivity contribution in [3.05, 3.63) is 11.3 Å². The van der Waals surface area contributed by atoms with Crippen LogP contribution in [0.3, 0.4) is 0 Å². The van der Waals surface area contributed by atoms with E-state index in [9.17, 15) is 4.79 Å². The highest BCUT2D eigenvalue weighted by Gasteiger charge is 2.31. The van der Waals surface area contributed by atoms with E-state index >= 15 is 0 Å². The van der Waals surface area contributed by atoms with Gasteiger partial charge in [-0.05, 0) is 13.3 Å². The molecule has 2 aliphatic rings. The first kappa shape index (κ1) is 9.84. The van der Waals surface area contributed by atoms with Gasteiger partial charge >= 0.3 is 0 Å². The lowest BCUT2D eigenvalue weighted by Gasteiger charge is -2.20. The van der Waals surface area contributed by atoms with Crippen LogP contribution in [0, 0.1) is 0 Å². The van der Waals surface area contributed by atoms with Crippen LogP contribution in [0.25, 0.3) is 0 Å². The van der Waals surface area contributed by atoms with E-state index in [1.165, 1.54) is 0 Å². The third kappa shape index (κ3) is 1.43. The SMILES string of the molecule is CC1Cc2noc(N3CCCC3=O)c2CN1. The predicted molar refractivity (Wildman–Crippen MR) is 58.1 cm³/mol. The summed E-state index contributed by atoms with van der Waals surface area (Å²) in [6.45, 7) is 3.63. The highest BCUT2D eigenvalue weighted by Crippen LogP contribution is 2.30. The van der Waals surface area contributed by atoms with Crippen LogP contribution in [0.1, 0.15) is 31.0 Å². The van der Waals surface area contributed by atoms with E-state index in [1.807, 2.05) is 0 Å². The fraction of sp³-hybridized carbons (Fsp3) is 0.636. The Morgan fingerprint density at radius 2 is 2.44 bits per heavy atom. The number of carbonyl (C=O) groups is 1. The van der Waals surface area contributed by atoms with E-state index in [2.05, 4.69) is 17.4 Å². The Balaban J connectivity index is 1.94. The second-order valence-corrected chi connectivity index (χ2v) is 4.55. The minimum absolute atomic E-state index is 0.151. The Labute approximate surface area is 93.8 Å². The number of rotatable bonds is 1. The van der Waals surface area contributed by atoms with Gasteiger partial charge in [-0.2, -0.15) is 0 Å². The molecule has 0 radical (unpaired) electrons. The van der Waals surface area contributed by atoms with Crippen LogP contribution in [0.4, 0.5) is 5.88 Å². The maximum Gasteiger partial charge on any atom is 0.238 e. The van der Waals surface area contributed by atoms with Crippen molar-refractivity contribution in [1.82, 2.24) is 10.5 Å². The van der Waals surface area contributed by atoms with Crippen molar-refractivity contribution in [2.24, 2.45) is 0 Å². The minimum Gasteiger partial charge on any atom is -0.338 e. The normalized spacial score (nSPS) is 24.9. The van der Waals surface area contributed by atoms with Gasteiger partial charge in [0, 0.05) is 32.0 Å². The number of nitrogens with one attached hydrogen (secondary N) is 1. The molecule has 0 spiro atoms. The van der Waals surface area contributed by atoms with Crippen molar-refractivity contribution in [3.8, 4) is 0 Å². The first-order valence-electron chi connectivity index (χ1n) is 5.77. The zero-order valence-electron chi connectivity index (χ0n) is 9.32. The van der Waals surface area contributed by atoms with Gasteiger partial charge in [0.05, 0.1) is 11.3 Å². The molecule has 3 heterocycles. The van der Waals surface area contributed by atoms with Gasteiger partial charge in [0.2, 0.25) is 11.8 Å². The third-order valence-electron chi connectivity index (χ3n) is 3.29. The summed E-state index contributed by atoms with van der Waals surface area (Å²) in [7, 11) is 0. The number of fused-ring (bicyclic) bond motifs is 1. The summed E-state index contributed by atoms with van der Waals surface area (Å²) in [5.41, 5.74) is 2.06. The highest BCUT2D eigenvalue weighted by molar-refractivity contribution is 5.94. The number of hydrogen-bond acceptors (Lipinski definition) is 4. The predicted octanol–water partition coefficient (Wildman–Crippen LogP) is 0.836. The number of carbonyl (C=O) groups excluding carboxylic acids is 1. The number of anilines is 1. The van der Waals surface area contributed by atoms with Crippen LogP contribution in [-0.2, 0) is 17.8 Å².